The molecule has 3 aromatic carbocycles. The van der Waals surface area contributed by atoms with Crippen molar-refractivity contribution in [1.29, 1.82) is 0 Å². The Balaban J connectivity index is 1.36. The smallest absolute Gasteiger partial charge is 0.253 e. The van der Waals surface area contributed by atoms with Crippen molar-refractivity contribution in [2.24, 2.45) is 0 Å². The average molecular weight is 486 g/mol. The van der Waals surface area contributed by atoms with Crippen molar-refractivity contribution in [3.8, 4) is 0 Å². The highest BCUT2D eigenvalue weighted by Gasteiger charge is 2.16. The molecule has 0 spiro atoms. The zero-order valence-electron chi connectivity index (χ0n) is 19.5. The van der Waals surface area contributed by atoms with E-state index in [9.17, 15) is 9.59 Å². The Hall–Kier alpha value is -3.91. The van der Waals surface area contributed by atoms with Gasteiger partial charge < -0.3 is 15.2 Å². The summed E-state index contributed by atoms with van der Waals surface area (Å²) in [5, 5.41) is 15.1. The van der Waals surface area contributed by atoms with Crippen LogP contribution in [-0.4, -0.2) is 32.3 Å². The lowest BCUT2D eigenvalue weighted by Gasteiger charge is -2.12. The summed E-state index contributed by atoms with van der Waals surface area (Å²) in [6, 6.07) is 26.8. The molecule has 35 heavy (non-hydrogen) atoms. The Morgan fingerprint density at radius 2 is 1.51 bits per heavy atom. The van der Waals surface area contributed by atoms with E-state index in [2.05, 4.69) is 33.0 Å². The maximum Gasteiger partial charge on any atom is 0.253 e. The van der Waals surface area contributed by atoms with Crippen LogP contribution in [0.5, 0.6) is 0 Å². The standard InChI is InChI=1S/C27H27N5O2S/c1-2-32-24(17-20-11-5-3-6-12-20)30-31-27(32)35-19-25(33)29-23-16-10-9-15-22(23)26(34)28-18-21-13-7-4-8-14-21/h3-16H,2,17-19H2,1H3,(H,28,34)(H,29,33). The van der Waals surface area contributed by atoms with Gasteiger partial charge in [-0.3, -0.25) is 9.59 Å². The second-order valence-electron chi connectivity index (χ2n) is 7.86. The van der Waals surface area contributed by atoms with E-state index in [4.69, 9.17) is 0 Å². The fraction of sp³-hybridized carbons (Fsp3) is 0.185. The van der Waals surface area contributed by atoms with Gasteiger partial charge in [-0.25, -0.2) is 0 Å². The summed E-state index contributed by atoms with van der Waals surface area (Å²) in [5.41, 5.74) is 3.06. The minimum Gasteiger partial charge on any atom is -0.348 e. The summed E-state index contributed by atoms with van der Waals surface area (Å²) < 4.78 is 2.02. The van der Waals surface area contributed by atoms with Crippen molar-refractivity contribution < 1.29 is 9.59 Å². The topological polar surface area (TPSA) is 88.9 Å². The normalized spacial score (nSPS) is 10.7. The Labute approximate surface area is 209 Å². The van der Waals surface area contributed by atoms with Gasteiger partial charge in [-0.2, -0.15) is 0 Å². The molecule has 1 aromatic heterocycles. The number of thioether (sulfide) groups is 1. The first-order valence-corrected chi connectivity index (χ1v) is 12.4. The number of anilines is 1. The zero-order valence-corrected chi connectivity index (χ0v) is 20.3. The molecule has 7 nitrogen and oxygen atoms in total. The molecular weight excluding hydrogens is 458 g/mol. The van der Waals surface area contributed by atoms with Crippen LogP contribution in [0.1, 0.15) is 34.2 Å². The molecule has 2 N–H and O–H groups in total. The molecule has 4 aromatic rings. The number of nitrogens with zero attached hydrogens (tertiary/aromatic N) is 3. The number of amides is 2. The molecule has 8 heteroatoms. The molecule has 0 atom stereocenters. The number of para-hydroxylation sites is 1. The highest BCUT2D eigenvalue weighted by atomic mass is 32.2. The van der Waals surface area contributed by atoms with Crippen molar-refractivity contribution in [2.75, 3.05) is 11.1 Å². The Kier molecular flexibility index (Phi) is 8.30. The molecular formula is C27H27N5O2S. The van der Waals surface area contributed by atoms with Crippen molar-refractivity contribution >= 4 is 29.3 Å². The molecule has 0 aliphatic carbocycles. The minimum atomic E-state index is -0.242. The maximum absolute atomic E-state index is 12.7. The van der Waals surface area contributed by atoms with Gasteiger partial charge in [0.2, 0.25) is 5.91 Å². The van der Waals surface area contributed by atoms with E-state index in [0.717, 1.165) is 17.0 Å². The SMILES string of the molecule is CCn1c(Cc2ccccc2)nnc1SCC(=O)Nc1ccccc1C(=O)NCc1ccccc1. The van der Waals surface area contributed by atoms with Crippen LogP contribution in [0.25, 0.3) is 0 Å². The van der Waals surface area contributed by atoms with E-state index >= 15 is 0 Å². The molecule has 0 saturated carbocycles. The number of benzene rings is 3. The fourth-order valence-corrected chi connectivity index (χ4v) is 4.45. The van der Waals surface area contributed by atoms with E-state index in [0.29, 0.717) is 35.9 Å². The predicted molar refractivity (Wildman–Crippen MR) is 138 cm³/mol. The molecule has 0 saturated heterocycles. The van der Waals surface area contributed by atoms with Gasteiger partial charge in [0, 0.05) is 19.5 Å². The maximum atomic E-state index is 12.7. The van der Waals surface area contributed by atoms with Crippen LogP contribution in [0, 0.1) is 0 Å². The van der Waals surface area contributed by atoms with Gasteiger partial charge in [0.05, 0.1) is 17.0 Å². The van der Waals surface area contributed by atoms with Gasteiger partial charge in [0.15, 0.2) is 5.16 Å². The molecule has 0 unspecified atom stereocenters. The highest BCUT2D eigenvalue weighted by molar-refractivity contribution is 7.99. The van der Waals surface area contributed by atoms with Crippen LogP contribution in [0.2, 0.25) is 0 Å². The highest BCUT2D eigenvalue weighted by Crippen LogP contribution is 2.20. The number of nitrogens with one attached hydrogen (secondary N) is 2. The quantitative estimate of drug-likeness (QED) is 0.322. The Bertz CT molecular complexity index is 1280. The summed E-state index contributed by atoms with van der Waals surface area (Å²) in [6.07, 6.45) is 0.680. The third kappa shape index (κ3) is 6.58. The molecule has 2 amide bonds. The fourth-order valence-electron chi connectivity index (χ4n) is 3.63. The molecule has 0 bridgehead atoms. The molecule has 0 aliphatic heterocycles. The van der Waals surface area contributed by atoms with Crippen molar-refractivity contribution in [3.63, 3.8) is 0 Å². The van der Waals surface area contributed by atoms with E-state index < -0.39 is 0 Å². The van der Waals surface area contributed by atoms with Crippen LogP contribution in [-0.2, 0) is 24.3 Å². The molecule has 0 fully saturated rings. The van der Waals surface area contributed by atoms with Crippen molar-refractivity contribution in [1.82, 2.24) is 20.1 Å². The van der Waals surface area contributed by atoms with Gasteiger partial charge in [-0.15, -0.1) is 10.2 Å². The van der Waals surface area contributed by atoms with Crippen molar-refractivity contribution in [2.45, 2.75) is 31.6 Å². The summed E-state index contributed by atoms with van der Waals surface area (Å²) in [5.74, 6) is 0.563. The number of hydrogen-bond donors (Lipinski definition) is 2. The van der Waals surface area contributed by atoms with Gasteiger partial charge in [0.25, 0.3) is 5.91 Å². The molecule has 1 heterocycles. The number of aromatic nitrogens is 3. The zero-order chi connectivity index (χ0) is 24.5. The minimum absolute atomic E-state index is 0.156. The molecule has 178 valence electrons. The number of hydrogen-bond acceptors (Lipinski definition) is 5. The van der Waals surface area contributed by atoms with Crippen LogP contribution in [0.3, 0.4) is 0 Å². The summed E-state index contributed by atoms with van der Waals surface area (Å²) in [6.45, 7) is 3.16. The van der Waals surface area contributed by atoms with E-state index in [-0.39, 0.29) is 17.6 Å². The van der Waals surface area contributed by atoms with E-state index in [1.165, 1.54) is 11.8 Å². The first-order valence-electron chi connectivity index (χ1n) is 11.4. The van der Waals surface area contributed by atoms with Gasteiger partial charge in [-0.1, -0.05) is 84.6 Å². The van der Waals surface area contributed by atoms with Gasteiger partial charge >= 0.3 is 0 Å². The first-order chi connectivity index (χ1) is 17.1. The molecule has 4 rings (SSSR count). The second-order valence-corrected chi connectivity index (χ2v) is 8.80. The van der Waals surface area contributed by atoms with Crippen LogP contribution in [0.4, 0.5) is 5.69 Å². The van der Waals surface area contributed by atoms with Crippen molar-refractivity contribution in [3.05, 3.63) is 107 Å². The van der Waals surface area contributed by atoms with E-state index in [1.54, 1.807) is 24.3 Å². The lowest BCUT2D eigenvalue weighted by molar-refractivity contribution is -0.113. The third-order valence-electron chi connectivity index (χ3n) is 5.39. The Morgan fingerprint density at radius 3 is 2.23 bits per heavy atom. The predicted octanol–water partition coefficient (Wildman–Crippen LogP) is 4.55. The van der Waals surface area contributed by atoms with Crippen LogP contribution >= 0.6 is 11.8 Å². The van der Waals surface area contributed by atoms with E-state index in [1.807, 2.05) is 60.0 Å². The van der Waals surface area contributed by atoms with Gasteiger partial charge in [-0.05, 0) is 30.2 Å². The van der Waals surface area contributed by atoms with Crippen LogP contribution < -0.4 is 10.6 Å². The average Bonchev–Trinajstić information content (AvgIpc) is 3.28. The lowest BCUT2D eigenvalue weighted by Crippen LogP contribution is -2.25. The second kappa shape index (κ2) is 12.0. The summed E-state index contributed by atoms with van der Waals surface area (Å²) in [7, 11) is 0. The number of carbonyl (C=O) groups is 2. The van der Waals surface area contributed by atoms with Crippen LogP contribution in [0.15, 0.2) is 90.1 Å². The third-order valence-corrected chi connectivity index (χ3v) is 6.36. The molecule has 0 radical (unpaired) electrons. The Morgan fingerprint density at radius 1 is 0.857 bits per heavy atom. The monoisotopic (exact) mass is 485 g/mol. The van der Waals surface area contributed by atoms with Gasteiger partial charge in [0.1, 0.15) is 5.82 Å². The summed E-state index contributed by atoms with van der Waals surface area (Å²) >= 11 is 1.33. The first kappa shape index (κ1) is 24.2. The number of rotatable bonds is 10. The number of carbonyl (C=O) groups excluding carboxylic acids is 2. The largest absolute Gasteiger partial charge is 0.348 e. The summed E-state index contributed by atoms with van der Waals surface area (Å²) in [4.78, 5) is 25.5. The lowest BCUT2D eigenvalue weighted by atomic mass is 10.1. The molecule has 0 aliphatic rings.